The normalized spacial score (nSPS) is 16.7. The van der Waals surface area contributed by atoms with E-state index in [0.717, 1.165) is 6.26 Å². The lowest BCUT2D eigenvalue weighted by atomic mass is 10.2. The van der Waals surface area contributed by atoms with Crippen LogP contribution in [0.3, 0.4) is 0 Å². The molecule has 1 unspecified atom stereocenters. The van der Waals surface area contributed by atoms with Crippen molar-refractivity contribution in [1.29, 1.82) is 0 Å². The Morgan fingerprint density at radius 2 is 1.67 bits per heavy atom. The molecule has 0 aliphatic carbocycles. The van der Waals surface area contributed by atoms with E-state index in [9.17, 15) is 18.0 Å². The molecule has 1 aliphatic rings. The largest absolute Gasteiger partial charge is 0.376 e. The molecule has 0 spiro atoms. The topological polar surface area (TPSA) is 111 Å². The number of hydrogen-bond donors (Lipinski definition) is 2. The lowest BCUT2D eigenvalue weighted by Gasteiger charge is -2.22. The van der Waals surface area contributed by atoms with Crippen molar-refractivity contribution in [3.8, 4) is 0 Å². The average molecular weight is 473 g/mol. The van der Waals surface area contributed by atoms with Gasteiger partial charge in [0.2, 0.25) is 0 Å². The van der Waals surface area contributed by atoms with Gasteiger partial charge in [0.1, 0.15) is 0 Å². The van der Waals surface area contributed by atoms with Crippen molar-refractivity contribution in [3.05, 3.63) is 52.0 Å². The summed E-state index contributed by atoms with van der Waals surface area (Å²) in [6.45, 7) is 0.919. The second-order valence-corrected chi connectivity index (χ2v) is 9.32. The van der Waals surface area contributed by atoms with E-state index in [1.165, 1.54) is 36.4 Å². The molecule has 8 nitrogen and oxygen atoms in total. The molecule has 0 bridgehead atoms. The molecule has 160 valence electrons. The number of anilines is 2. The number of ether oxygens (including phenoxy) is 2. The molecule has 1 aliphatic heterocycles. The Hall–Kier alpha value is -2.17. The molecule has 0 radical (unpaired) electrons. The summed E-state index contributed by atoms with van der Waals surface area (Å²) in [5.41, 5.74) is 0.715. The maximum absolute atomic E-state index is 12.5. The zero-order valence-electron chi connectivity index (χ0n) is 15.8. The number of amides is 2. The molecule has 11 heteroatoms. The van der Waals surface area contributed by atoms with Crippen molar-refractivity contribution in [1.82, 2.24) is 0 Å². The van der Waals surface area contributed by atoms with Crippen LogP contribution in [-0.4, -0.2) is 52.4 Å². The van der Waals surface area contributed by atoms with Gasteiger partial charge in [-0.2, -0.15) is 0 Å². The van der Waals surface area contributed by atoms with Crippen LogP contribution in [0.15, 0.2) is 41.3 Å². The second kappa shape index (κ2) is 9.32. The number of rotatable bonds is 5. The molecular formula is C19H18Cl2N2O6S. The average Bonchev–Trinajstić information content (AvgIpc) is 2.70. The van der Waals surface area contributed by atoms with Crippen LogP contribution in [0, 0.1) is 0 Å². The Balaban J connectivity index is 1.72. The van der Waals surface area contributed by atoms with Crippen molar-refractivity contribution >= 4 is 56.2 Å². The van der Waals surface area contributed by atoms with Gasteiger partial charge in [-0.15, -0.1) is 0 Å². The predicted molar refractivity (Wildman–Crippen MR) is 113 cm³/mol. The van der Waals surface area contributed by atoms with Crippen LogP contribution in [0.2, 0.25) is 10.0 Å². The first kappa shape index (κ1) is 22.5. The zero-order valence-corrected chi connectivity index (χ0v) is 18.1. The van der Waals surface area contributed by atoms with E-state index in [4.69, 9.17) is 32.7 Å². The quantitative estimate of drug-likeness (QED) is 0.691. The van der Waals surface area contributed by atoms with Crippen LogP contribution >= 0.6 is 23.2 Å². The third-order valence-corrected chi connectivity index (χ3v) is 5.93. The molecule has 2 N–H and O–H groups in total. The predicted octanol–water partition coefficient (Wildman–Crippen LogP) is 3.00. The summed E-state index contributed by atoms with van der Waals surface area (Å²) in [5, 5.41) is 5.45. The monoisotopic (exact) mass is 472 g/mol. The minimum Gasteiger partial charge on any atom is -0.376 e. The SMILES string of the molecule is CS(=O)(=O)c1ccc(C(=O)Nc2c(Cl)cc(NC(=O)C3COCCO3)cc2Cl)cc1. The van der Waals surface area contributed by atoms with E-state index in [-0.39, 0.29) is 32.8 Å². The lowest BCUT2D eigenvalue weighted by Crippen LogP contribution is -2.39. The van der Waals surface area contributed by atoms with Crippen molar-refractivity contribution in [2.75, 3.05) is 36.7 Å². The molecule has 1 saturated heterocycles. The molecule has 0 saturated carbocycles. The molecule has 1 fully saturated rings. The maximum Gasteiger partial charge on any atom is 0.255 e. The van der Waals surface area contributed by atoms with Crippen LogP contribution in [0.5, 0.6) is 0 Å². The van der Waals surface area contributed by atoms with Gasteiger partial charge in [0.05, 0.1) is 40.4 Å². The Morgan fingerprint density at radius 1 is 1.03 bits per heavy atom. The summed E-state index contributed by atoms with van der Waals surface area (Å²) >= 11 is 12.5. The number of halogens is 2. The number of carbonyl (C=O) groups excluding carboxylic acids is 2. The highest BCUT2D eigenvalue weighted by molar-refractivity contribution is 7.90. The summed E-state index contributed by atoms with van der Waals surface area (Å²) in [5.74, 6) is -0.923. The number of sulfone groups is 1. The second-order valence-electron chi connectivity index (χ2n) is 6.49. The fourth-order valence-corrected chi connectivity index (χ4v) is 3.88. The van der Waals surface area contributed by atoms with Crippen LogP contribution in [0.25, 0.3) is 0 Å². The van der Waals surface area contributed by atoms with Gasteiger partial charge in [-0.1, -0.05) is 23.2 Å². The molecular weight excluding hydrogens is 455 g/mol. The molecule has 2 amide bonds. The van der Waals surface area contributed by atoms with Gasteiger partial charge in [-0.25, -0.2) is 8.42 Å². The van der Waals surface area contributed by atoms with Crippen molar-refractivity contribution in [2.45, 2.75) is 11.0 Å². The fraction of sp³-hybridized carbons (Fsp3) is 0.263. The maximum atomic E-state index is 12.5. The Labute approximate surface area is 183 Å². The molecule has 0 aromatic heterocycles. The molecule has 2 aromatic carbocycles. The van der Waals surface area contributed by atoms with Gasteiger partial charge < -0.3 is 20.1 Å². The molecule has 1 atom stereocenters. The zero-order chi connectivity index (χ0) is 21.9. The number of carbonyl (C=O) groups is 2. The lowest BCUT2D eigenvalue weighted by molar-refractivity contribution is -0.142. The van der Waals surface area contributed by atoms with E-state index < -0.39 is 27.8 Å². The van der Waals surface area contributed by atoms with Crippen molar-refractivity contribution in [2.24, 2.45) is 0 Å². The van der Waals surface area contributed by atoms with Gasteiger partial charge >= 0.3 is 0 Å². The van der Waals surface area contributed by atoms with E-state index in [1.807, 2.05) is 0 Å². The first-order valence-electron chi connectivity index (χ1n) is 8.76. The highest BCUT2D eigenvalue weighted by Gasteiger charge is 2.23. The van der Waals surface area contributed by atoms with Gasteiger partial charge in [-0.3, -0.25) is 9.59 Å². The number of benzene rings is 2. The first-order chi connectivity index (χ1) is 14.1. The number of nitrogens with one attached hydrogen (secondary N) is 2. The van der Waals surface area contributed by atoms with E-state index in [2.05, 4.69) is 10.6 Å². The standard InChI is InChI=1S/C19H18Cl2N2O6S/c1-30(26,27)13-4-2-11(3-5-13)18(24)23-17-14(20)8-12(9-15(17)21)22-19(25)16-10-28-6-7-29-16/h2-5,8-9,16H,6-7,10H2,1H3,(H,22,25)(H,23,24). The van der Waals surface area contributed by atoms with Gasteiger partial charge in [0.15, 0.2) is 15.9 Å². The van der Waals surface area contributed by atoms with Gasteiger partial charge in [-0.05, 0) is 36.4 Å². The summed E-state index contributed by atoms with van der Waals surface area (Å²) in [6.07, 6.45) is 0.348. The minimum atomic E-state index is -3.37. The van der Waals surface area contributed by atoms with Crippen molar-refractivity contribution in [3.63, 3.8) is 0 Å². The number of hydrogen-bond acceptors (Lipinski definition) is 6. The molecule has 30 heavy (non-hydrogen) atoms. The highest BCUT2D eigenvalue weighted by atomic mass is 35.5. The smallest absolute Gasteiger partial charge is 0.255 e. The molecule has 1 heterocycles. The van der Waals surface area contributed by atoms with Crippen LogP contribution in [-0.2, 0) is 24.1 Å². The summed E-state index contributed by atoms with van der Waals surface area (Å²) in [6, 6.07) is 8.32. The Kier molecular flexibility index (Phi) is 6.99. The van der Waals surface area contributed by atoms with E-state index >= 15 is 0 Å². The fourth-order valence-electron chi connectivity index (χ4n) is 2.67. The molecule has 2 aromatic rings. The Bertz CT molecular complexity index is 1040. The summed E-state index contributed by atoms with van der Waals surface area (Å²) in [7, 11) is -3.37. The van der Waals surface area contributed by atoms with Crippen molar-refractivity contribution < 1.29 is 27.5 Å². The van der Waals surface area contributed by atoms with E-state index in [1.54, 1.807) is 0 Å². The molecule has 3 rings (SSSR count). The van der Waals surface area contributed by atoms with Gasteiger partial charge in [0, 0.05) is 17.5 Å². The third-order valence-electron chi connectivity index (χ3n) is 4.20. The van der Waals surface area contributed by atoms with Crippen LogP contribution in [0.1, 0.15) is 10.4 Å². The van der Waals surface area contributed by atoms with Crippen LogP contribution < -0.4 is 10.6 Å². The summed E-state index contributed by atoms with van der Waals surface area (Å²) in [4.78, 5) is 24.8. The minimum absolute atomic E-state index is 0.0996. The first-order valence-corrected chi connectivity index (χ1v) is 11.4. The third kappa shape index (κ3) is 5.50. The van der Waals surface area contributed by atoms with E-state index in [0.29, 0.717) is 18.9 Å². The highest BCUT2D eigenvalue weighted by Crippen LogP contribution is 2.34. The Morgan fingerprint density at radius 3 is 2.20 bits per heavy atom. The van der Waals surface area contributed by atoms with Crippen LogP contribution in [0.4, 0.5) is 11.4 Å². The summed E-state index contributed by atoms with van der Waals surface area (Å²) < 4.78 is 33.6. The van der Waals surface area contributed by atoms with Gasteiger partial charge in [0.25, 0.3) is 11.8 Å².